The van der Waals surface area contributed by atoms with Crippen LogP contribution in [0.25, 0.3) is 11.0 Å². The molecule has 0 radical (unpaired) electrons. The van der Waals surface area contributed by atoms with Gasteiger partial charge in [0.2, 0.25) is 0 Å². The fourth-order valence-electron chi connectivity index (χ4n) is 3.36. The van der Waals surface area contributed by atoms with E-state index >= 15 is 0 Å². The number of thioether (sulfide) groups is 1. The van der Waals surface area contributed by atoms with E-state index in [4.69, 9.17) is 4.98 Å². The third-order valence-electron chi connectivity index (χ3n) is 4.97. The molecule has 0 spiro atoms. The Kier molecular flexibility index (Phi) is 4.72. The molecule has 2 aromatic carbocycles. The molecular weight excluding hydrogens is 342 g/mol. The van der Waals surface area contributed by atoms with E-state index in [9.17, 15) is 4.79 Å². The minimum Gasteiger partial charge on any atom is -0.339 e. The molecule has 134 valence electrons. The fourth-order valence-corrected chi connectivity index (χ4v) is 4.31. The van der Waals surface area contributed by atoms with Crippen LogP contribution >= 0.6 is 11.8 Å². The Morgan fingerprint density at radius 3 is 2.58 bits per heavy atom. The number of rotatable bonds is 4. The maximum Gasteiger partial charge on any atom is 0.253 e. The first-order valence-corrected chi connectivity index (χ1v) is 10.0. The molecule has 5 heteroatoms. The second-order valence-electron chi connectivity index (χ2n) is 6.93. The molecule has 1 aromatic heterocycles. The molecule has 0 bridgehead atoms. The second kappa shape index (κ2) is 7.16. The minimum atomic E-state index is 0.138. The fraction of sp³-hybridized carbons (Fsp3) is 0.333. The van der Waals surface area contributed by atoms with E-state index in [0.29, 0.717) is 0 Å². The highest BCUT2D eigenvalue weighted by Crippen LogP contribution is 2.27. The monoisotopic (exact) mass is 365 g/mol. The number of hydrogen-bond donors (Lipinski definition) is 0. The van der Waals surface area contributed by atoms with Crippen molar-refractivity contribution < 1.29 is 4.79 Å². The lowest BCUT2D eigenvalue weighted by Gasteiger charge is -2.15. The second-order valence-corrected chi connectivity index (χ2v) is 7.87. The molecule has 4 rings (SSSR count). The molecule has 0 N–H and O–H groups in total. The Morgan fingerprint density at radius 1 is 1.12 bits per heavy atom. The molecule has 1 saturated heterocycles. The van der Waals surface area contributed by atoms with Gasteiger partial charge in [0.05, 0.1) is 11.0 Å². The summed E-state index contributed by atoms with van der Waals surface area (Å²) in [6.45, 7) is 3.85. The zero-order valence-corrected chi connectivity index (χ0v) is 16.1. The number of amides is 1. The van der Waals surface area contributed by atoms with E-state index in [1.165, 1.54) is 11.1 Å². The summed E-state index contributed by atoms with van der Waals surface area (Å²) in [6.07, 6.45) is 2.22. The predicted molar refractivity (Wildman–Crippen MR) is 107 cm³/mol. The van der Waals surface area contributed by atoms with Crippen molar-refractivity contribution >= 4 is 28.7 Å². The van der Waals surface area contributed by atoms with Gasteiger partial charge in [-0.1, -0.05) is 41.6 Å². The van der Waals surface area contributed by atoms with Crippen LogP contribution in [0.2, 0.25) is 0 Å². The number of benzene rings is 2. The molecule has 26 heavy (non-hydrogen) atoms. The summed E-state index contributed by atoms with van der Waals surface area (Å²) in [7, 11) is 2.02. The SMILES string of the molecule is Cc1ccc(CSc2nc3ccc(C(=O)N4CCCC4)cc3n2C)cc1. The first-order valence-electron chi connectivity index (χ1n) is 9.06. The van der Waals surface area contributed by atoms with Gasteiger partial charge in [-0.3, -0.25) is 4.79 Å². The Hall–Kier alpha value is -2.27. The van der Waals surface area contributed by atoms with Crippen LogP contribution in [0.3, 0.4) is 0 Å². The van der Waals surface area contributed by atoms with Crippen molar-refractivity contribution in [3.05, 3.63) is 59.2 Å². The van der Waals surface area contributed by atoms with Gasteiger partial charge in [0.15, 0.2) is 5.16 Å². The normalized spacial score (nSPS) is 14.3. The molecule has 1 aliphatic heterocycles. The van der Waals surface area contributed by atoms with E-state index in [0.717, 1.165) is 53.4 Å². The summed E-state index contributed by atoms with van der Waals surface area (Å²) in [5, 5.41) is 0.978. The third kappa shape index (κ3) is 3.36. The van der Waals surface area contributed by atoms with Crippen molar-refractivity contribution in [2.75, 3.05) is 13.1 Å². The van der Waals surface area contributed by atoms with Crippen LogP contribution in [-0.4, -0.2) is 33.4 Å². The van der Waals surface area contributed by atoms with Gasteiger partial charge in [0.25, 0.3) is 5.91 Å². The number of hydrogen-bond acceptors (Lipinski definition) is 3. The number of fused-ring (bicyclic) bond motifs is 1. The number of aromatic nitrogens is 2. The average Bonchev–Trinajstić information content (AvgIpc) is 3.29. The summed E-state index contributed by atoms with van der Waals surface area (Å²) in [5.41, 5.74) is 5.28. The lowest BCUT2D eigenvalue weighted by Crippen LogP contribution is -2.27. The van der Waals surface area contributed by atoms with Crippen LogP contribution in [0.4, 0.5) is 0 Å². The number of carbonyl (C=O) groups excluding carboxylic acids is 1. The van der Waals surface area contributed by atoms with Crippen molar-refractivity contribution in [3.8, 4) is 0 Å². The van der Waals surface area contributed by atoms with Gasteiger partial charge in [-0.05, 0) is 43.5 Å². The number of carbonyl (C=O) groups is 1. The highest BCUT2D eigenvalue weighted by molar-refractivity contribution is 7.98. The Morgan fingerprint density at radius 2 is 1.85 bits per heavy atom. The number of aryl methyl sites for hydroxylation is 2. The molecule has 2 heterocycles. The molecule has 1 aliphatic rings. The summed E-state index contributed by atoms with van der Waals surface area (Å²) >= 11 is 1.73. The van der Waals surface area contributed by atoms with Crippen LogP contribution in [0.1, 0.15) is 34.3 Å². The molecule has 1 fully saturated rings. The standard InChI is InChI=1S/C21H23N3OS/c1-15-5-7-16(8-6-15)14-26-21-22-18-10-9-17(13-19(18)23(21)2)20(25)24-11-3-4-12-24/h5-10,13H,3-4,11-12,14H2,1-2H3. The Bertz CT molecular complexity index is 940. The van der Waals surface area contributed by atoms with Crippen LogP contribution in [0.5, 0.6) is 0 Å². The van der Waals surface area contributed by atoms with Gasteiger partial charge >= 0.3 is 0 Å². The first kappa shape index (κ1) is 17.2. The maximum absolute atomic E-state index is 12.6. The molecule has 0 aliphatic carbocycles. The van der Waals surface area contributed by atoms with Crippen molar-refractivity contribution in [3.63, 3.8) is 0 Å². The van der Waals surface area contributed by atoms with Gasteiger partial charge in [-0.25, -0.2) is 4.98 Å². The molecule has 4 nitrogen and oxygen atoms in total. The molecule has 1 amide bonds. The van der Waals surface area contributed by atoms with Crippen molar-refractivity contribution in [2.45, 2.75) is 30.7 Å². The summed E-state index contributed by atoms with van der Waals surface area (Å²) < 4.78 is 2.09. The average molecular weight is 366 g/mol. The Balaban J connectivity index is 1.56. The highest BCUT2D eigenvalue weighted by atomic mass is 32.2. The number of likely N-dealkylation sites (tertiary alicyclic amines) is 1. The minimum absolute atomic E-state index is 0.138. The Labute approximate surface area is 158 Å². The lowest BCUT2D eigenvalue weighted by atomic mass is 10.2. The van der Waals surface area contributed by atoms with E-state index in [2.05, 4.69) is 35.8 Å². The van der Waals surface area contributed by atoms with E-state index in [1.54, 1.807) is 11.8 Å². The van der Waals surface area contributed by atoms with E-state index in [1.807, 2.05) is 30.1 Å². The largest absolute Gasteiger partial charge is 0.339 e. The summed E-state index contributed by atoms with van der Waals surface area (Å²) in [4.78, 5) is 19.3. The van der Waals surface area contributed by atoms with Gasteiger partial charge in [-0.15, -0.1) is 0 Å². The smallest absolute Gasteiger partial charge is 0.253 e. The van der Waals surface area contributed by atoms with Gasteiger partial charge in [-0.2, -0.15) is 0 Å². The molecule has 0 saturated carbocycles. The quantitative estimate of drug-likeness (QED) is 0.643. The van der Waals surface area contributed by atoms with Crippen molar-refractivity contribution in [1.29, 1.82) is 0 Å². The van der Waals surface area contributed by atoms with Crippen LogP contribution in [-0.2, 0) is 12.8 Å². The third-order valence-corrected chi connectivity index (χ3v) is 6.07. The number of nitrogens with zero attached hydrogens (tertiary/aromatic N) is 3. The van der Waals surface area contributed by atoms with Crippen LogP contribution < -0.4 is 0 Å². The van der Waals surface area contributed by atoms with E-state index < -0.39 is 0 Å². The van der Waals surface area contributed by atoms with Crippen LogP contribution in [0, 0.1) is 6.92 Å². The van der Waals surface area contributed by atoms with Gasteiger partial charge in [0, 0.05) is 31.5 Å². The summed E-state index contributed by atoms with van der Waals surface area (Å²) in [6, 6.07) is 14.5. The van der Waals surface area contributed by atoms with Crippen molar-refractivity contribution in [1.82, 2.24) is 14.5 Å². The first-order chi connectivity index (χ1) is 12.6. The topological polar surface area (TPSA) is 38.1 Å². The van der Waals surface area contributed by atoms with Crippen molar-refractivity contribution in [2.24, 2.45) is 7.05 Å². The van der Waals surface area contributed by atoms with E-state index in [-0.39, 0.29) is 5.91 Å². The predicted octanol–water partition coefficient (Wildman–Crippen LogP) is 4.41. The van der Waals surface area contributed by atoms with Gasteiger partial charge < -0.3 is 9.47 Å². The molecule has 0 atom stereocenters. The molecule has 0 unspecified atom stereocenters. The maximum atomic E-state index is 12.6. The van der Waals surface area contributed by atoms with Gasteiger partial charge in [0.1, 0.15) is 0 Å². The zero-order chi connectivity index (χ0) is 18.1. The summed E-state index contributed by atoms with van der Waals surface area (Å²) in [5.74, 6) is 1.02. The zero-order valence-electron chi connectivity index (χ0n) is 15.2. The highest BCUT2D eigenvalue weighted by Gasteiger charge is 2.20. The number of imidazole rings is 1. The molecule has 3 aromatic rings. The van der Waals surface area contributed by atoms with Crippen LogP contribution in [0.15, 0.2) is 47.6 Å². The molecular formula is C21H23N3OS. The lowest BCUT2D eigenvalue weighted by molar-refractivity contribution is 0.0793.